The lowest BCUT2D eigenvalue weighted by molar-refractivity contribution is -0.160. The molecule has 1 spiro atoms. The molecule has 0 aromatic heterocycles. The Bertz CT molecular complexity index is 879. The number of fused-ring (bicyclic) bond motifs is 1. The third-order valence-corrected chi connectivity index (χ3v) is 8.81. The summed E-state index contributed by atoms with van der Waals surface area (Å²) in [5.74, 6) is -2.19. The highest BCUT2D eigenvalue weighted by atomic mass is 16.6. The highest BCUT2D eigenvalue weighted by Crippen LogP contribution is 2.63. The number of aliphatic hydroxyl groups excluding tert-OH is 1. The summed E-state index contributed by atoms with van der Waals surface area (Å²) < 4.78 is 17.5. The summed E-state index contributed by atoms with van der Waals surface area (Å²) in [7, 11) is 0. The van der Waals surface area contributed by atoms with Gasteiger partial charge in [-0.3, -0.25) is 19.3 Å². The fourth-order valence-corrected chi connectivity index (χ4v) is 6.99. The molecule has 2 amide bonds. The van der Waals surface area contributed by atoms with Gasteiger partial charge in [-0.05, 0) is 39.5 Å². The number of morpholine rings is 1. The third-order valence-electron chi connectivity index (χ3n) is 8.81. The van der Waals surface area contributed by atoms with E-state index >= 15 is 0 Å². The predicted octanol–water partition coefficient (Wildman–Crippen LogP) is 1.21. The van der Waals surface area contributed by atoms with Crippen LogP contribution in [0.5, 0.6) is 0 Å². The number of likely N-dealkylation sites (tertiary alicyclic amines) is 1. The Labute approximate surface area is 226 Å². The summed E-state index contributed by atoms with van der Waals surface area (Å²) in [6.07, 6.45) is 6.00. The fourth-order valence-electron chi connectivity index (χ4n) is 6.99. The minimum atomic E-state index is -1.04. The average Bonchev–Trinajstić information content (AvgIpc) is 3.47. The molecule has 10 nitrogen and oxygen atoms in total. The zero-order valence-electron chi connectivity index (χ0n) is 23.1. The van der Waals surface area contributed by atoms with Gasteiger partial charge in [0.2, 0.25) is 11.8 Å². The SMILES string of the molecule is C=CCN(CCN1CCOCC1)C(=O)C1N(CCCCCCO)C(=O)[C@@H]2[C@H](C(=O)OCC)[C@]3(C)CCC12O3. The van der Waals surface area contributed by atoms with Gasteiger partial charge in [-0.25, -0.2) is 0 Å². The van der Waals surface area contributed by atoms with Crippen molar-refractivity contribution in [2.45, 2.75) is 69.6 Å². The van der Waals surface area contributed by atoms with E-state index in [4.69, 9.17) is 19.3 Å². The van der Waals surface area contributed by atoms with E-state index in [1.165, 1.54) is 0 Å². The van der Waals surface area contributed by atoms with Crippen molar-refractivity contribution in [3.63, 3.8) is 0 Å². The fraction of sp³-hybridized carbons (Fsp3) is 0.821. The van der Waals surface area contributed by atoms with Gasteiger partial charge in [0.15, 0.2) is 0 Å². The maximum Gasteiger partial charge on any atom is 0.312 e. The van der Waals surface area contributed by atoms with Crippen molar-refractivity contribution in [3.8, 4) is 0 Å². The van der Waals surface area contributed by atoms with Crippen LogP contribution in [-0.4, -0.2) is 121 Å². The van der Waals surface area contributed by atoms with Crippen molar-refractivity contribution >= 4 is 17.8 Å². The van der Waals surface area contributed by atoms with Crippen LogP contribution in [0.1, 0.15) is 52.4 Å². The van der Waals surface area contributed by atoms with Gasteiger partial charge in [0.05, 0.1) is 31.3 Å². The normalized spacial score (nSPS) is 32.4. The number of carbonyl (C=O) groups excluding carboxylic acids is 3. The summed E-state index contributed by atoms with van der Waals surface area (Å²) >= 11 is 0. The summed E-state index contributed by atoms with van der Waals surface area (Å²) in [4.78, 5) is 47.3. The quantitative estimate of drug-likeness (QED) is 0.201. The highest BCUT2D eigenvalue weighted by Gasteiger charge is 2.78. The molecule has 2 bridgehead atoms. The Kier molecular flexibility index (Phi) is 9.49. The second-order valence-electron chi connectivity index (χ2n) is 11.2. The van der Waals surface area contributed by atoms with Gasteiger partial charge >= 0.3 is 5.97 Å². The molecule has 0 aromatic rings. The number of unbranched alkanes of at least 4 members (excludes halogenated alkanes) is 3. The van der Waals surface area contributed by atoms with Crippen molar-refractivity contribution in [3.05, 3.63) is 12.7 Å². The second kappa shape index (κ2) is 12.4. The van der Waals surface area contributed by atoms with E-state index in [1.807, 2.05) is 6.92 Å². The van der Waals surface area contributed by atoms with E-state index in [0.717, 1.165) is 32.4 Å². The smallest absolute Gasteiger partial charge is 0.312 e. The zero-order chi connectivity index (χ0) is 27.3. The first kappa shape index (κ1) is 29.0. The maximum atomic E-state index is 14.3. The van der Waals surface area contributed by atoms with Crippen LogP contribution in [0.2, 0.25) is 0 Å². The van der Waals surface area contributed by atoms with Crippen molar-refractivity contribution < 1.29 is 33.7 Å². The Morgan fingerprint density at radius 1 is 1.18 bits per heavy atom. The van der Waals surface area contributed by atoms with E-state index in [2.05, 4.69) is 11.5 Å². The number of aliphatic hydroxyl groups is 1. The topological polar surface area (TPSA) is 109 Å². The third kappa shape index (κ3) is 5.37. The molecule has 4 fully saturated rings. The van der Waals surface area contributed by atoms with Gasteiger partial charge in [0, 0.05) is 45.9 Å². The van der Waals surface area contributed by atoms with Crippen LogP contribution in [0.25, 0.3) is 0 Å². The number of rotatable bonds is 14. The highest BCUT2D eigenvalue weighted by molar-refractivity contribution is 5.98. The average molecular weight is 536 g/mol. The molecule has 1 N–H and O–H groups in total. The standard InChI is InChI=1S/C28H45N3O7/c1-4-12-30(15-14-29-16-19-36-20-17-29)25(34)23-28-11-10-27(3,38-28)22(26(35)37-5-2)21(28)24(33)31(23)13-8-6-7-9-18-32/h4,21-23,32H,1,5-20H2,2-3H3/t21-,22+,23?,27-,28?/m0/s1. The number of hydrogen-bond acceptors (Lipinski definition) is 8. The van der Waals surface area contributed by atoms with Gasteiger partial charge in [-0.2, -0.15) is 0 Å². The first-order chi connectivity index (χ1) is 18.3. The number of hydrogen-bond donors (Lipinski definition) is 1. The minimum absolute atomic E-state index is 0.141. The van der Waals surface area contributed by atoms with E-state index < -0.39 is 35.0 Å². The molecule has 4 aliphatic heterocycles. The Balaban J connectivity index is 1.61. The van der Waals surface area contributed by atoms with Crippen molar-refractivity contribution in [1.29, 1.82) is 0 Å². The number of amides is 2. The zero-order valence-corrected chi connectivity index (χ0v) is 23.1. The minimum Gasteiger partial charge on any atom is -0.466 e. The lowest BCUT2D eigenvalue weighted by Crippen LogP contribution is -2.57. The van der Waals surface area contributed by atoms with Crippen LogP contribution in [-0.2, 0) is 28.6 Å². The second-order valence-corrected chi connectivity index (χ2v) is 11.2. The summed E-state index contributed by atoms with van der Waals surface area (Å²) in [6, 6.07) is -0.788. The monoisotopic (exact) mass is 535 g/mol. The van der Waals surface area contributed by atoms with Crippen LogP contribution in [0.4, 0.5) is 0 Å². The first-order valence-corrected chi connectivity index (χ1v) is 14.3. The molecule has 4 heterocycles. The Morgan fingerprint density at radius 3 is 2.61 bits per heavy atom. The Hall–Kier alpha value is -2.01. The van der Waals surface area contributed by atoms with Crippen LogP contribution in [0.15, 0.2) is 12.7 Å². The van der Waals surface area contributed by atoms with Gasteiger partial charge < -0.3 is 29.1 Å². The van der Waals surface area contributed by atoms with E-state index in [0.29, 0.717) is 58.7 Å². The molecule has 4 saturated heterocycles. The van der Waals surface area contributed by atoms with Gasteiger partial charge in [-0.1, -0.05) is 18.9 Å². The molecule has 4 rings (SSSR count). The summed E-state index contributed by atoms with van der Waals surface area (Å²) in [5, 5.41) is 9.13. The van der Waals surface area contributed by atoms with E-state index in [9.17, 15) is 14.4 Å². The molecular formula is C28H45N3O7. The van der Waals surface area contributed by atoms with E-state index in [1.54, 1.807) is 22.8 Å². The lowest BCUT2D eigenvalue weighted by Gasteiger charge is -2.37. The van der Waals surface area contributed by atoms with Gasteiger partial charge in [-0.15, -0.1) is 6.58 Å². The van der Waals surface area contributed by atoms with Crippen molar-refractivity contribution in [2.24, 2.45) is 11.8 Å². The Morgan fingerprint density at radius 2 is 1.92 bits per heavy atom. The summed E-state index contributed by atoms with van der Waals surface area (Å²) in [6.45, 7) is 12.9. The van der Waals surface area contributed by atoms with Crippen molar-refractivity contribution in [1.82, 2.24) is 14.7 Å². The molecule has 5 atom stereocenters. The molecule has 0 radical (unpaired) electrons. The molecule has 0 aromatic carbocycles. The van der Waals surface area contributed by atoms with Crippen LogP contribution in [0.3, 0.4) is 0 Å². The van der Waals surface area contributed by atoms with Gasteiger partial charge in [0.1, 0.15) is 17.6 Å². The van der Waals surface area contributed by atoms with Crippen LogP contribution in [0, 0.1) is 11.8 Å². The number of ether oxygens (including phenoxy) is 3. The molecule has 0 saturated carbocycles. The summed E-state index contributed by atoms with van der Waals surface area (Å²) in [5.41, 5.74) is -1.86. The van der Waals surface area contributed by atoms with Gasteiger partial charge in [0.25, 0.3) is 0 Å². The maximum absolute atomic E-state index is 14.3. The molecule has 214 valence electrons. The molecule has 38 heavy (non-hydrogen) atoms. The molecule has 0 aliphatic carbocycles. The number of carbonyl (C=O) groups is 3. The molecule has 10 heteroatoms. The lowest BCUT2D eigenvalue weighted by atomic mass is 9.66. The van der Waals surface area contributed by atoms with Crippen LogP contribution < -0.4 is 0 Å². The molecular weight excluding hydrogens is 490 g/mol. The first-order valence-electron chi connectivity index (χ1n) is 14.3. The van der Waals surface area contributed by atoms with Crippen molar-refractivity contribution in [2.75, 3.05) is 65.7 Å². The molecule has 4 aliphatic rings. The van der Waals surface area contributed by atoms with Crippen LogP contribution >= 0.6 is 0 Å². The molecule has 2 unspecified atom stereocenters. The number of esters is 1. The largest absolute Gasteiger partial charge is 0.466 e. The number of nitrogens with zero attached hydrogens (tertiary/aromatic N) is 3. The predicted molar refractivity (Wildman–Crippen MR) is 140 cm³/mol. The van der Waals surface area contributed by atoms with E-state index in [-0.39, 0.29) is 25.0 Å².